The third-order valence-corrected chi connectivity index (χ3v) is 4.47. The Hall–Kier alpha value is -1.68. The van der Waals surface area contributed by atoms with Gasteiger partial charge >= 0.3 is 0 Å². The molecule has 0 spiro atoms. The van der Waals surface area contributed by atoms with E-state index in [-0.39, 0.29) is 5.56 Å². The zero-order valence-corrected chi connectivity index (χ0v) is 12.5. The van der Waals surface area contributed by atoms with Crippen LogP contribution in [0.25, 0.3) is 10.9 Å². The lowest BCUT2D eigenvalue weighted by atomic mass is 10.00. The van der Waals surface area contributed by atoms with Crippen molar-refractivity contribution in [2.45, 2.75) is 51.7 Å². The van der Waals surface area contributed by atoms with Gasteiger partial charge in [0.05, 0.1) is 29.9 Å². The Balaban J connectivity index is 1.80. The molecule has 0 saturated heterocycles. The van der Waals surface area contributed by atoms with Crippen LogP contribution in [0.15, 0.2) is 29.3 Å². The number of aromatic nitrogens is 2. The summed E-state index contributed by atoms with van der Waals surface area (Å²) in [6.07, 6.45) is 6.84. The van der Waals surface area contributed by atoms with Gasteiger partial charge in [0.2, 0.25) is 0 Å². The van der Waals surface area contributed by atoms with Crippen LogP contribution in [-0.4, -0.2) is 20.8 Å². The summed E-state index contributed by atoms with van der Waals surface area (Å²) in [5, 5.41) is 10.9. The smallest absolute Gasteiger partial charge is 0.261 e. The average molecular weight is 286 g/mol. The van der Waals surface area contributed by atoms with Gasteiger partial charge in [-0.05, 0) is 31.4 Å². The van der Waals surface area contributed by atoms with E-state index in [1.54, 1.807) is 10.9 Å². The lowest BCUT2D eigenvalue weighted by Gasteiger charge is -2.16. The Morgan fingerprint density at radius 1 is 1.38 bits per heavy atom. The maximum Gasteiger partial charge on any atom is 0.261 e. The van der Waals surface area contributed by atoms with E-state index in [0.29, 0.717) is 23.4 Å². The van der Waals surface area contributed by atoms with Gasteiger partial charge in [-0.3, -0.25) is 9.36 Å². The van der Waals surface area contributed by atoms with E-state index in [1.807, 2.05) is 25.1 Å². The van der Waals surface area contributed by atoms with Gasteiger partial charge in [0, 0.05) is 0 Å². The van der Waals surface area contributed by atoms with E-state index >= 15 is 0 Å². The normalized spacial score (nSPS) is 17.4. The molecule has 4 heteroatoms. The molecule has 3 rings (SSSR count). The van der Waals surface area contributed by atoms with Crippen LogP contribution < -0.4 is 5.56 Å². The Morgan fingerprint density at radius 3 is 2.90 bits per heavy atom. The minimum absolute atomic E-state index is 0.0610. The Labute approximate surface area is 124 Å². The first-order valence-corrected chi connectivity index (χ1v) is 7.77. The number of benzene rings is 1. The van der Waals surface area contributed by atoms with Gasteiger partial charge in [0.1, 0.15) is 0 Å². The fourth-order valence-corrected chi connectivity index (χ4v) is 3.34. The molecule has 0 amide bonds. The molecule has 1 N–H and O–H groups in total. The fourth-order valence-electron chi connectivity index (χ4n) is 3.34. The highest BCUT2D eigenvalue weighted by Gasteiger charge is 2.19. The molecule has 0 bridgehead atoms. The predicted molar refractivity (Wildman–Crippen MR) is 83.3 cm³/mol. The molecule has 1 saturated carbocycles. The van der Waals surface area contributed by atoms with Crippen LogP contribution in [0.4, 0.5) is 0 Å². The minimum Gasteiger partial charge on any atom is -0.391 e. The maximum absolute atomic E-state index is 12.5. The molecule has 1 fully saturated rings. The lowest BCUT2D eigenvalue weighted by molar-refractivity contribution is 0.123. The molecular formula is C17H22N2O2. The number of fused-ring (bicyclic) bond motifs is 1. The van der Waals surface area contributed by atoms with E-state index < -0.39 is 6.10 Å². The minimum atomic E-state index is -0.463. The van der Waals surface area contributed by atoms with Crippen LogP contribution >= 0.6 is 0 Å². The van der Waals surface area contributed by atoms with E-state index in [4.69, 9.17) is 0 Å². The van der Waals surface area contributed by atoms with Gasteiger partial charge in [0.25, 0.3) is 5.56 Å². The van der Waals surface area contributed by atoms with Crippen molar-refractivity contribution in [3.63, 3.8) is 0 Å². The van der Waals surface area contributed by atoms with Crippen LogP contribution in [-0.2, 0) is 6.54 Å². The zero-order valence-electron chi connectivity index (χ0n) is 12.5. The summed E-state index contributed by atoms with van der Waals surface area (Å²) < 4.78 is 1.54. The van der Waals surface area contributed by atoms with Gasteiger partial charge in [-0.25, -0.2) is 4.98 Å². The number of nitrogens with zero attached hydrogens (tertiary/aromatic N) is 2. The van der Waals surface area contributed by atoms with Crippen molar-refractivity contribution in [1.82, 2.24) is 9.55 Å². The van der Waals surface area contributed by atoms with Crippen LogP contribution in [0.1, 0.15) is 37.7 Å². The highest BCUT2D eigenvalue weighted by atomic mass is 16.3. The van der Waals surface area contributed by atoms with Crippen LogP contribution in [0.2, 0.25) is 0 Å². The molecule has 1 aliphatic carbocycles. The summed E-state index contributed by atoms with van der Waals surface area (Å²) in [5.74, 6) is 0.617. The largest absolute Gasteiger partial charge is 0.391 e. The molecule has 112 valence electrons. The number of rotatable bonds is 4. The fraction of sp³-hybridized carbons (Fsp3) is 0.529. The van der Waals surface area contributed by atoms with Gasteiger partial charge in [-0.1, -0.05) is 37.3 Å². The van der Waals surface area contributed by atoms with Crippen molar-refractivity contribution < 1.29 is 5.11 Å². The second-order valence-electron chi connectivity index (χ2n) is 6.26. The van der Waals surface area contributed by atoms with Crippen LogP contribution in [0.3, 0.4) is 0 Å². The van der Waals surface area contributed by atoms with Gasteiger partial charge in [-0.15, -0.1) is 0 Å². The third kappa shape index (κ3) is 3.16. The van der Waals surface area contributed by atoms with Crippen molar-refractivity contribution >= 4 is 10.9 Å². The molecule has 1 atom stereocenters. The van der Waals surface area contributed by atoms with Crippen molar-refractivity contribution in [3.05, 3.63) is 40.4 Å². The first-order valence-electron chi connectivity index (χ1n) is 7.77. The molecule has 0 radical (unpaired) electrons. The first kappa shape index (κ1) is 14.3. The van der Waals surface area contributed by atoms with E-state index in [1.165, 1.54) is 25.7 Å². The van der Waals surface area contributed by atoms with Crippen molar-refractivity contribution in [3.8, 4) is 0 Å². The van der Waals surface area contributed by atoms with Crippen molar-refractivity contribution in [2.24, 2.45) is 5.92 Å². The predicted octanol–water partition coefficient (Wildman–Crippen LogP) is 2.65. The molecule has 1 heterocycles. The molecule has 1 aliphatic rings. The lowest BCUT2D eigenvalue weighted by Crippen LogP contribution is -2.28. The van der Waals surface area contributed by atoms with Crippen LogP contribution in [0.5, 0.6) is 0 Å². The first-order chi connectivity index (χ1) is 10.1. The Morgan fingerprint density at radius 2 is 2.14 bits per heavy atom. The van der Waals surface area contributed by atoms with Crippen LogP contribution in [0, 0.1) is 12.8 Å². The topological polar surface area (TPSA) is 55.1 Å². The van der Waals surface area contributed by atoms with E-state index in [2.05, 4.69) is 4.98 Å². The third-order valence-electron chi connectivity index (χ3n) is 4.47. The summed E-state index contributed by atoms with van der Waals surface area (Å²) in [7, 11) is 0. The molecule has 4 nitrogen and oxygen atoms in total. The number of aryl methyl sites for hydroxylation is 1. The summed E-state index contributed by atoms with van der Waals surface area (Å²) in [5.41, 5.74) is 1.70. The molecule has 0 aliphatic heterocycles. The van der Waals surface area contributed by atoms with Crippen molar-refractivity contribution in [2.75, 3.05) is 0 Å². The SMILES string of the molecule is Cc1ccc2ncn(CC(O)CC3CCCC3)c(=O)c2c1. The molecular weight excluding hydrogens is 264 g/mol. The molecule has 1 aromatic carbocycles. The Kier molecular flexibility index (Phi) is 4.06. The number of hydrogen-bond acceptors (Lipinski definition) is 3. The number of aliphatic hydroxyl groups excluding tert-OH is 1. The van der Waals surface area contributed by atoms with E-state index in [0.717, 1.165) is 12.0 Å². The average Bonchev–Trinajstić information content (AvgIpc) is 2.95. The summed E-state index contributed by atoms with van der Waals surface area (Å²) >= 11 is 0. The van der Waals surface area contributed by atoms with Gasteiger partial charge in [0.15, 0.2) is 0 Å². The second kappa shape index (κ2) is 5.98. The summed E-state index contributed by atoms with van der Waals surface area (Å²) in [6, 6.07) is 5.68. The summed E-state index contributed by atoms with van der Waals surface area (Å²) in [6.45, 7) is 2.30. The Bertz CT molecular complexity index is 687. The number of aliphatic hydroxyl groups is 1. The highest BCUT2D eigenvalue weighted by Crippen LogP contribution is 2.28. The zero-order chi connectivity index (χ0) is 14.8. The molecule has 21 heavy (non-hydrogen) atoms. The highest BCUT2D eigenvalue weighted by molar-refractivity contribution is 5.77. The standard InChI is InChI=1S/C17H22N2O2/c1-12-6-7-16-15(8-12)17(21)19(11-18-16)10-14(20)9-13-4-2-3-5-13/h6-8,11,13-14,20H,2-5,9-10H2,1H3. The quantitative estimate of drug-likeness (QED) is 0.940. The van der Waals surface area contributed by atoms with Gasteiger partial charge < -0.3 is 5.11 Å². The molecule has 1 unspecified atom stereocenters. The monoisotopic (exact) mass is 286 g/mol. The van der Waals surface area contributed by atoms with Gasteiger partial charge in [-0.2, -0.15) is 0 Å². The molecule has 1 aromatic heterocycles. The molecule has 2 aromatic rings. The van der Waals surface area contributed by atoms with Crippen molar-refractivity contribution in [1.29, 1.82) is 0 Å². The maximum atomic E-state index is 12.5. The second-order valence-corrected chi connectivity index (χ2v) is 6.26. The number of hydrogen-bond donors (Lipinski definition) is 1. The van der Waals surface area contributed by atoms with E-state index in [9.17, 15) is 9.90 Å². The summed E-state index contributed by atoms with van der Waals surface area (Å²) in [4.78, 5) is 16.8.